The van der Waals surface area contributed by atoms with Gasteiger partial charge in [-0.2, -0.15) is 0 Å². The molecule has 2 aromatic carbocycles. The molecule has 1 fully saturated rings. The number of benzene rings is 2. The maximum absolute atomic E-state index is 13.5. The van der Waals surface area contributed by atoms with E-state index in [0.717, 1.165) is 43.2 Å². The van der Waals surface area contributed by atoms with Gasteiger partial charge in [0.1, 0.15) is 5.75 Å². The predicted molar refractivity (Wildman–Crippen MR) is 117 cm³/mol. The number of amides is 1. The summed E-state index contributed by atoms with van der Waals surface area (Å²) in [6.07, 6.45) is 3.80. The molecule has 3 aliphatic rings. The van der Waals surface area contributed by atoms with Crippen LogP contribution in [-0.2, 0) is 20.1 Å². The number of anilines is 2. The van der Waals surface area contributed by atoms with Crippen LogP contribution in [0.4, 0.5) is 11.4 Å². The first-order chi connectivity index (χ1) is 15.2. The molecule has 0 saturated carbocycles. The van der Waals surface area contributed by atoms with Gasteiger partial charge in [0, 0.05) is 11.3 Å². The molecule has 0 radical (unpaired) electrons. The van der Waals surface area contributed by atoms with E-state index in [1.54, 1.807) is 7.11 Å². The first-order valence-electron chi connectivity index (χ1n) is 10.8. The molecule has 5 rings (SSSR count). The SMILES string of the molecule is COc1ccc(N2CC[NH+](CN3C(=O)C4(OCC=CCO4)c4ccccc43)CC2)cc1. The summed E-state index contributed by atoms with van der Waals surface area (Å²) in [5, 5.41) is 0. The highest BCUT2D eigenvalue weighted by atomic mass is 16.7. The number of nitrogens with one attached hydrogen (secondary N) is 1. The van der Waals surface area contributed by atoms with Crippen LogP contribution in [0.25, 0.3) is 0 Å². The van der Waals surface area contributed by atoms with Gasteiger partial charge in [-0.3, -0.25) is 9.69 Å². The zero-order valence-electron chi connectivity index (χ0n) is 17.8. The molecular formula is C24H28N3O4+. The van der Waals surface area contributed by atoms with Crippen LogP contribution in [0.3, 0.4) is 0 Å². The highest BCUT2D eigenvalue weighted by Gasteiger charge is 2.54. The van der Waals surface area contributed by atoms with Crippen LogP contribution in [0, 0.1) is 0 Å². The van der Waals surface area contributed by atoms with Crippen molar-refractivity contribution in [1.82, 2.24) is 0 Å². The topological polar surface area (TPSA) is 55.7 Å². The summed E-state index contributed by atoms with van der Waals surface area (Å²) in [6, 6.07) is 16.0. The lowest BCUT2D eigenvalue weighted by atomic mass is 10.1. The highest BCUT2D eigenvalue weighted by Crippen LogP contribution is 2.43. The van der Waals surface area contributed by atoms with Crippen molar-refractivity contribution >= 4 is 17.3 Å². The van der Waals surface area contributed by atoms with E-state index < -0.39 is 5.79 Å². The molecule has 0 unspecified atom stereocenters. The molecular weight excluding hydrogens is 394 g/mol. The summed E-state index contributed by atoms with van der Waals surface area (Å²) in [5.41, 5.74) is 2.90. The number of hydrogen-bond donors (Lipinski definition) is 1. The minimum Gasteiger partial charge on any atom is -0.497 e. The number of piperazine rings is 1. The molecule has 0 atom stereocenters. The van der Waals surface area contributed by atoms with Crippen LogP contribution in [0.2, 0.25) is 0 Å². The molecule has 0 aliphatic carbocycles. The van der Waals surface area contributed by atoms with E-state index in [2.05, 4.69) is 17.0 Å². The number of hydrogen-bond acceptors (Lipinski definition) is 5. The van der Waals surface area contributed by atoms with Crippen molar-refractivity contribution in [2.24, 2.45) is 0 Å². The summed E-state index contributed by atoms with van der Waals surface area (Å²) in [7, 11) is 1.68. The first-order valence-corrected chi connectivity index (χ1v) is 10.8. The molecule has 31 heavy (non-hydrogen) atoms. The van der Waals surface area contributed by atoms with Crippen molar-refractivity contribution in [2.45, 2.75) is 5.79 Å². The van der Waals surface area contributed by atoms with Crippen LogP contribution < -0.4 is 19.4 Å². The molecule has 7 heteroatoms. The number of carbonyl (C=O) groups is 1. The van der Waals surface area contributed by atoms with Crippen molar-refractivity contribution in [3.8, 4) is 5.75 Å². The van der Waals surface area contributed by atoms with Gasteiger partial charge in [0.15, 0.2) is 6.67 Å². The standard InChI is InChI=1S/C24H27N3O4/c1-29-20-10-8-19(9-11-20)26-14-12-25(13-15-26)18-27-22-7-3-2-6-21(22)24(23(27)28)30-16-4-5-17-31-24/h2-11H,12-18H2,1H3/p+1. The fourth-order valence-corrected chi connectivity index (χ4v) is 4.59. The van der Waals surface area contributed by atoms with E-state index in [-0.39, 0.29) is 5.91 Å². The van der Waals surface area contributed by atoms with E-state index >= 15 is 0 Å². The Morgan fingerprint density at radius 2 is 1.68 bits per heavy atom. The molecule has 1 N–H and O–H groups in total. The number of carbonyl (C=O) groups excluding carboxylic acids is 1. The molecule has 162 valence electrons. The van der Waals surface area contributed by atoms with Crippen molar-refractivity contribution in [3.05, 3.63) is 66.2 Å². The second-order valence-corrected chi connectivity index (χ2v) is 8.05. The van der Waals surface area contributed by atoms with Gasteiger partial charge in [-0.05, 0) is 30.3 Å². The third-order valence-corrected chi connectivity index (χ3v) is 6.30. The summed E-state index contributed by atoms with van der Waals surface area (Å²) in [5.74, 6) is -0.585. The van der Waals surface area contributed by atoms with Gasteiger partial charge in [-0.25, -0.2) is 0 Å². The Bertz CT molecular complexity index is 957. The van der Waals surface area contributed by atoms with Gasteiger partial charge in [0.25, 0.3) is 11.7 Å². The second-order valence-electron chi connectivity index (χ2n) is 8.05. The molecule has 7 nitrogen and oxygen atoms in total. The molecule has 3 aliphatic heterocycles. The minimum atomic E-state index is -1.33. The van der Waals surface area contributed by atoms with Crippen LogP contribution >= 0.6 is 0 Å². The number of rotatable bonds is 4. The monoisotopic (exact) mass is 422 g/mol. The summed E-state index contributed by atoms with van der Waals surface area (Å²) < 4.78 is 17.2. The van der Waals surface area contributed by atoms with Gasteiger partial charge in [0.05, 0.1) is 52.2 Å². The Labute approximate surface area is 182 Å². The Morgan fingerprint density at radius 1 is 1.00 bits per heavy atom. The van der Waals surface area contributed by atoms with Crippen molar-refractivity contribution < 1.29 is 23.9 Å². The maximum Gasteiger partial charge on any atom is 0.296 e. The number of nitrogens with zero attached hydrogens (tertiary/aromatic N) is 2. The third kappa shape index (κ3) is 3.59. The lowest BCUT2D eigenvalue weighted by molar-refractivity contribution is -0.899. The Hall–Kier alpha value is -2.87. The van der Waals surface area contributed by atoms with E-state index in [9.17, 15) is 4.79 Å². The molecule has 3 heterocycles. The van der Waals surface area contributed by atoms with Crippen LogP contribution in [-0.4, -0.2) is 59.1 Å². The second kappa shape index (κ2) is 8.34. The molecule has 1 spiro atoms. The summed E-state index contributed by atoms with van der Waals surface area (Å²) >= 11 is 0. The van der Waals surface area contributed by atoms with Crippen LogP contribution in [0.5, 0.6) is 5.75 Å². The Kier molecular flexibility index (Phi) is 5.40. The Morgan fingerprint density at radius 3 is 2.35 bits per heavy atom. The summed E-state index contributed by atoms with van der Waals surface area (Å²) in [4.78, 5) is 19.1. The van der Waals surface area contributed by atoms with Crippen LogP contribution in [0.1, 0.15) is 5.56 Å². The fraction of sp³-hybridized carbons (Fsp3) is 0.375. The lowest BCUT2D eigenvalue weighted by Gasteiger charge is -2.35. The normalized spacial score (nSPS) is 20.7. The third-order valence-electron chi connectivity index (χ3n) is 6.30. The molecule has 2 aromatic rings. The minimum absolute atomic E-state index is 0.123. The lowest BCUT2D eigenvalue weighted by Crippen LogP contribution is -3.16. The molecule has 0 bridgehead atoms. The van der Waals surface area contributed by atoms with Gasteiger partial charge in [-0.1, -0.05) is 30.4 Å². The van der Waals surface area contributed by atoms with Crippen molar-refractivity contribution in [2.75, 3.05) is 63.0 Å². The van der Waals surface area contributed by atoms with Gasteiger partial charge >= 0.3 is 0 Å². The fourth-order valence-electron chi connectivity index (χ4n) is 4.59. The van der Waals surface area contributed by atoms with Gasteiger partial charge in [-0.15, -0.1) is 0 Å². The van der Waals surface area contributed by atoms with E-state index in [1.165, 1.54) is 10.6 Å². The number of methoxy groups -OCH3 is 1. The number of fused-ring (bicyclic) bond motifs is 2. The molecule has 0 aromatic heterocycles. The first kappa shape index (κ1) is 20.1. The summed E-state index contributed by atoms with van der Waals surface area (Å²) in [6.45, 7) is 5.11. The van der Waals surface area contributed by atoms with E-state index in [4.69, 9.17) is 14.2 Å². The number of para-hydroxylation sites is 1. The van der Waals surface area contributed by atoms with Gasteiger partial charge < -0.3 is 24.0 Å². The van der Waals surface area contributed by atoms with E-state index in [0.29, 0.717) is 19.9 Å². The zero-order chi connectivity index (χ0) is 21.3. The quantitative estimate of drug-likeness (QED) is 0.750. The highest BCUT2D eigenvalue weighted by molar-refractivity contribution is 6.05. The molecule has 1 saturated heterocycles. The largest absolute Gasteiger partial charge is 0.497 e. The Balaban J connectivity index is 1.29. The molecule has 1 amide bonds. The van der Waals surface area contributed by atoms with Gasteiger partial charge in [0.2, 0.25) is 0 Å². The zero-order valence-corrected chi connectivity index (χ0v) is 17.8. The van der Waals surface area contributed by atoms with Crippen molar-refractivity contribution in [1.29, 1.82) is 0 Å². The predicted octanol–water partition coefficient (Wildman–Crippen LogP) is 1.16. The smallest absolute Gasteiger partial charge is 0.296 e. The number of quaternary nitrogens is 1. The van der Waals surface area contributed by atoms with Crippen LogP contribution in [0.15, 0.2) is 60.7 Å². The average Bonchev–Trinajstić information content (AvgIpc) is 2.98. The van der Waals surface area contributed by atoms with E-state index in [1.807, 2.05) is 53.5 Å². The van der Waals surface area contributed by atoms with Crippen molar-refractivity contribution in [3.63, 3.8) is 0 Å². The number of ether oxygens (including phenoxy) is 3. The maximum atomic E-state index is 13.5. The average molecular weight is 423 g/mol.